The molecular formula is C53H81NO12. The molecule has 1 aromatic rings. The van der Waals surface area contributed by atoms with Gasteiger partial charge in [0.1, 0.15) is 30.1 Å². The highest BCUT2D eigenvalue weighted by atomic mass is 16.7. The molecule has 0 spiro atoms. The molecule has 1 aromatic carbocycles. The number of esters is 1. The molecule has 1 amide bonds. The molecule has 3 fully saturated rings. The number of piperidine rings is 1. The van der Waals surface area contributed by atoms with Gasteiger partial charge in [-0.15, -0.1) is 0 Å². The van der Waals surface area contributed by atoms with Gasteiger partial charge in [-0.2, -0.15) is 0 Å². The van der Waals surface area contributed by atoms with E-state index in [2.05, 4.69) is 19.1 Å². The number of amides is 1. The van der Waals surface area contributed by atoms with Crippen LogP contribution in [0.15, 0.2) is 53.6 Å². The Balaban J connectivity index is 1.45. The number of fused-ring (bicyclic) bond motifs is 3. The maximum atomic E-state index is 14.6. The summed E-state index contributed by atoms with van der Waals surface area (Å²) in [5, 5.41) is 23.0. The number of Topliss-reactive ketones (excluding diaryl/α,β-unsaturated/α-hetero) is 2. The second kappa shape index (κ2) is 24.8. The Kier molecular flexibility index (Phi) is 20.2. The van der Waals surface area contributed by atoms with Gasteiger partial charge in [0.25, 0.3) is 11.7 Å². The van der Waals surface area contributed by atoms with Gasteiger partial charge in [0, 0.05) is 39.0 Å². The Labute approximate surface area is 394 Å². The van der Waals surface area contributed by atoms with Crippen molar-refractivity contribution < 1.29 is 57.8 Å². The molecule has 14 unspecified atom stereocenters. The topological polar surface area (TPSA) is 167 Å². The molecule has 66 heavy (non-hydrogen) atoms. The zero-order valence-electron chi connectivity index (χ0n) is 41.4. The first-order chi connectivity index (χ1) is 31.4. The Morgan fingerprint density at radius 3 is 2.29 bits per heavy atom. The Hall–Kier alpha value is -3.30. The van der Waals surface area contributed by atoms with Crippen molar-refractivity contribution in [1.82, 2.24) is 4.90 Å². The van der Waals surface area contributed by atoms with E-state index in [1.165, 1.54) is 4.90 Å². The van der Waals surface area contributed by atoms with Gasteiger partial charge in [0.15, 0.2) is 0 Å². The number of methoxy groups -OCH3 is 2. The summed E-state index contributed by atoms with van der Waals surface area (Å²) in [7, 11) is 3.11. The fourth-order valence-corrected chi connectivity index (χ4v) is 10.8. The first-order valence-corrected chi connectivity index (χ1v) is 24.8. The van der Waals surface area contributed by atoms with Crippen LogP contribution in [-0.2, 0) is 47.6 Å². The van der Waals surface area contributed by atoms with E-state index in [-0.39, 0.29) is 73.8 Å². The lowest BCUT2D eigenvalue weighted by atomic mass is 9.82. The number of allylic oxidation sites excluding steroid dienone is 3. The molecule has 1 aliphatic carbocycles. The fourth-order valence-electron chi connectivity index (χ4n) is 10.8. The first kappa shape index (κ1) is 53.7. The molecule has 0 aromatic heterocycles. The summed E-state index contributed by atoms with van der Waals surface area (Å²) < 4.78 is 37.4. The Morgan fingerprint density at radius 1 is 0.924 bits per heavy atom. The van der Waals surface area contributed by atoms with E-state index >= 15 is 0 Å². The van der Waals surface area contributed by atoms with Crippen LogP contribution >= 0.6 is 0 Å². The van der Waals surface area contributed by atoms with Crippen LogP contribution in [0.25, 0.3) is 0 Å². The SMILES string of the molecule is CCC1C=C(C)CC(C)CC(OC)C2OC(O)(C(=O)C(=O)N3CCCCC3C(=O)OC(C(C)=CC3CCC(OCC(O)c4ccccc4)C(OC(C)C)C3)C(C)CCC1=O)C(C)CC2OC. The average molecular weight is 924 g/mol. The number of nitrogens with zero attached hydrogens (tertiary/aromatic N) is 1. The lowest BCUT2D eigenvalue weighted by Crippen LogP contribution is -2.64. The molecule has 2 saturated heterocycles. The highest BCUT2D eigenvalue weighted by molar-refractivity contribution is 6.39. The van der Waals surface area contributed by atoms with E-state index < -0.39 is 65.9 Å². The molecule has 3 aliphatic heterocycles. The minimum atomic E-state index is -2.48. The second-order valence-corrected chi connectivity index (χ2v) is 20.2. The molecule has 3 heterocycles. The van der Waals surface area contributed by atoms with Gasteiger partial charge in [-0.05, 0) is 127 Å². The molecule has 13 heteroatoms. The van der Waals surface area contributed by atoms with E-state index in [4.69, 9.17) is 28.4 Å². The third-order valence-electron chi connectivity index (χ3n) is 14.5. The number of ether oxygens (including phenoxy) is 6. The van der Waals surface area contributed by atoms with Gasteiger partial charge in [-0.3, -0.25) is 14.4 Å². The smallest absolute Gasteiger partial charge is 0.329 e. The monoisotopic (exact) mass is 924 g/mol. The molecule has 0 radical (unpaired) electrons. The van der Waals surface area contributed by atoms with E-state index in [9.17, 15) is 29.4 Å². The summed E-state index contributed by atoms with van der Waals surface area (Å²) in [5.74, 6) is -6.31. The number of hydrogen-bond acceptors (Lipinski definition) is 12. The second-order valence-electron chi connectivity index (χ2n) is 20.2. The van der Waals surface area contributed by atoms with Crippen LogP contribution in [0.4, 0.5) is 0 Å². The molecule has 14 atom stereocenters. The van der Waals surface area contributed by atoms with Crippen LogP contribution in [0, 0.1) is 29.6 Å². The summed E-state index contributed by atoms with van der Waals surface area (Å²) in [4.78, 5) is 58.5. The van der Waals surface area contributed by atoms with Crippen molar-refractivity contribution in [3.8, 4) is 0 Å². The number of cyclic esters (lactones) is 1. The highest BCUT2D eigenvalue weighted by Crippen LogP contribution is 2.39. The summed E-state index contributed by atoms with van der Waals surface area (Å²) in [5.41, 5.74) is 2.70. The van der Waals surface area contributed by atoms with Gasteiger partial charge in [0.2, 0.25) is 5.79 Å². The average Bonchev–Trinajstić information content (AvgIpc) is 3.30. The molecule has 370 valence electrons. The van der Waals surface area contributed by atoms with Crippen molar-refractivity contribution in [3.63, 3.8) is 0 Å². The predicted molar refractivity (Wildman–Crippen MR) is 251 cm³/mol. The lowest BCUT2D eigenvalue weighted by molar-refractivity contribution is -0.302. The molecular weight excluding hydrogens is 843 g/mol. The zero-order chi connectivity index (χ0) is 48.3. The van der Waals surface area contributed by atoms with Crippen molar-refractivity contribution in [1.29, 1.82) is 0 Å². The Bertz CT molecular complexity index is 1820. The van der Waals surface area contributed by atoms with Crippen LogP contribution < -0.4 is 0 Å². The molecule has 4 aliphatic rings. The maximum Gasteiger partial charge on any atom is 0.329 e. The van der Waals surface area contributed by atoms with Gasteiger partial charge in [0.05, 0.1) is 37.1 Å². The van der Waals surface area contributed by atoms with Crippen LogP contribution in [0.5, 0.6) is 0 Å². The highest BCUT2D eigenvalue weighted by Gasteiger charge is 2.56. The number of aliphatic hydroxyl groups excluding tert-OH is 1. The predicted octanol–water partition coefficient (Wildman–Crippen LogP) is 8.04. The van der Waals surface area contributed by atoms with Crippen LogP contribution in [0.2, 0.25) is 0 Å². The third-order valence-corrected chi connectivity index (χ3v) is 14.5. The van der Waals surface area contributed by atoms with E-state index in [0.717, 1.165) is 23.1 Å². The number of aliphatic hydroxyl groups is 2. The maximum absolute atomic E-state index is 14.6. The molecule has 2 bridgehead atoms. The van der Waals surface area contributed by atoms with Gasteiger partial charge < -0.3 is 43.5 Å². The number of carbonyl (C=O) groups excluding carboxylic acids is 4. The number of ketones is 2. The first-order valence-electron chi connectivity index (χ1n) is 24.8. The van der Waals surface area contributed by atoms with Crippen molar-refractivity contribution >= 4 is 23.4 Å². The summed E-state index contributed by atoms with van der Waals surface area (Å²) in [6, 6.07) is 8.40. The largest absolute Gasteiger partial charge is 0.456 e. The molecule has 2 N–H and O–H groups in total. The zero-order valence-corrected chi connectivity index (χ0v) is 41.4. The van der Waals surface area contributed by atoms with Crippen LogP contribution in [0.1, 0.15) is 144 Å². The van der Waals surface area contributed by atoms with E-state index in [1.807, 2.05) is 71.9 Å². The lowest BCUT2D eigenvalue weighted by Gasteiger charge is -2.47. The Morgan fingerprint density at radius 2 is 1.62 bits per heavy atom. The number of benzene rings is 1. The fraction of sp³-hybridized carbons (Fsp3) is 0.736. The molecule has 13 nitrogen and oxygen atoms in total. The van der Waals surface area contributed by atoms with Crippen molar-refractivity contribution in [2.24, 2.45) is 29.6 Å². The minimum Gasteiger partial charge on any atom is -0.456 e. The summed E-state index contributed by atoms with van der Waals surface area (Å²) in [6.45, 7) is 16.0. The van der Waals surface area contributed by atoms with Crippen LogP contribution in [0.3, 0.4) is 0 Å². The number of rotatable bonds is 11. The summed E-state index contributed by atoms with van der Waals surface area (Å²) in [6.07, 6.45) is 6.75. The van der Waals surface area contributed by atoms with Gasteiger partial charge in [-0.1, -0.05) is 75.8 Å². The van der Waals surface area contributed by atoms with Gasteiger partial charge >= 0.3 is 5.97 Å². The summed E-state index contributed by atoms with van der Waals surface area (Å²) >= 11 is 0. The standard InChI is InChI=1S/C53H81NO12/c1-11-39-26-33(4)25-34(5)27-46(61-9)49-47(62-10)29-37(8)53(60,66-49)50(57)51(58)54-24-16-15-19-41(54)52(59)65-48(35(6)20-22-42(39)55)36(7)28-38-21-23-44(45(30-38)64-32(2)3)63-31-43(56)40-17-13-12-14-18-40/h12-14,17-18,26,28,32,34-35,37-39,41,43-49,56,60H,11,15-16,19-25,27,29-31H2,1-10H3. The number of hydrogen-bond donors (Lipinski definition) is 2. The molecule has 5 rings (SSSR count). The van der Waals surface area contributed by atoms with Crippen LogP contribution in [-0.4, -0.2) is 120 Å². The van der Waals surface area contributed by atoms with E-state index in [1.54, 1.807) is 21.1 Å². The van der Waals surface area contributed by atoms with Crippen molar-refractivity contribution in [2.75, 3.05) is 27.4 Å². The minimum absolute atomic E-state index is 0.0518. The van der Waals surface area contributed by atoms with Gasteiger partial charge in [-0.25, -0.2) is 4.79 Å². The molecule has 1 saturated carbocycles. The van der Waals surface area contributed by atoms with Crippen molar-refractivity contribution in [3.05, 3.63) is 59.2 Å². The van der Waals surface area contributed by atoms with Crippen molar-refractivity contribution in [2.45, 2.75) is 193 Å². The quantitative estimate of drug-likeness (QED) is 0.125. The normalized spacial score (nSPS) is 35.7. The van der Waals surface area contributed by atoms with E-state index in [0.29, 0.717) is 57.8 Å². The number of carbonyl (C=O) groups is 4. The third kappa shape index (κ3) is 13.7.